The molecule has 138 valence electrons. The van der Waals surface area contributed by atoms with Gasteiger partial charge >= 0.3 is 0 Å². The Balaban J connectivity index is 1.33. The molecule has 0 spiro atoms. The molecule has 3 fully saturated rings. The van der Waals surface area contributed by atoms with Gasteiger partial charge in [-0.2, -0.15) is 20.5 Å². The summed E-state index contributed by atoms with van der Waals surface area (Å²) in [5, 5.41) is 15.0. The fourth-order valence-corrected chi connectivity index (χ4v) is 4.62. The van der Waals surface area contributed by atoms with Crippen molar-refractivity contribution in [3.8, 4) is 11.3 Å². The number of amides is 1. The number of anilines is 1. The molecular weight excluding hydrogens is 344 g/mol. The van der Waals surface area contributed by atoms with E-state index in [1.54, 1.807) is 12.5 Å². The first-order chi connectivity index (χ1) is 13.3. The molecule has 1 N–H and O–H groups in total. The van der Waals surface area contributed by atoms with Crippen molar-refractivity contribution in [1.82, 2.24) is 34.9 Å². The van der Waals surface area contributed by atoms with Gasteiger partial charge in [-0.1, -0.05) is 0 Å². The van der Waals surface area contributed by atoms with Gasteiger partial charge in [0.15, 0.2) is 5.82 Å². The lowest BCUT2D eigenvalue weighted by Crippen LogP contribution is -2.56. The first-order valence-electron chi connectivity index (χ1n) is 9.54. The first kappa shape index (κ1) is 15.1. The summed E-state index contributed by atoms with van der Waals surface area (Å²) in [6, 6.07) is 2.66. The number of hydrogen-bond acceptors (Lipinski definition) is 6. The molecule has 2 saturated heterocycles. The predicted molar refractivity (Wildman–Crippen MR) is 97.0 cm³/mol. The molecule has 1 saturated carbocycles. The number of rotatable bonds is 3. The maximum absolute atomic E-state index is 12.7. The lowest BCUT2D eigenvalue weighted by atomic mass is 10.1. The monoisotopic (exact) mass is 364 g/mol. The van der Waals surface area contributed by atoms with Crippen LogP contribution in [0.1, 0.15) is 25.7 Å². The zero-order chi connectivity index (χ0) is 18.0. The van der Waals surface area contributed by atoms with Gasteiger partial charge in [-0.25, -0.2) is 9.50 Å². The van der Waals surface area contributed by atoms with E-state index >= 15 is 0 Å². The number of carbonyl (C=O) groups is 1. The summed E-state index contributed by atoms with van der Waals surface area (Å²) < 4.78 is 1.84. The van der Waals surface area contributed by atoms with Gasteiger partial charge in [0, 0.05) is 42.9 Å². The molecule has 6 rings (SSSR count). The second kappa shape index (κ2) is 5.51. The Hall–Kier alpha value is -2.97. The van der Waals surface area contributed by atoms with E-state index in [0.29, 0.717) is 23.9 Å². The van der Waals surface area contributed by atoms with Gasteiger partial charge in [-0.05, 0) is 31.7 Å². The van der Waals surface area contributed by atoms with Crippen molar-refractivity contribution >= 4 is 17.2 Å². The van der Waals surface area contributed by atoms with E-state index < -0.39 is 0 Å². The van der Waals surface area contributed by atoms with Crippen LogP contribution in [0.5, 0.6) is 0 Å². The number of hydrogen-bond donors (Lipinski definition) is 1. The van der Waals surface area contributed by atoms with Crippen LogP contribution in [0.4, 0.5) is 5.82 Å². The highest BCUT2D eigenvalue weighted by atomic mass is 16.2. The fourth-order valence-electron chi connectivity index (χ4n) is 4.62. The highest BCUT2D eigenvalue weighted by molar-refractivity contribution is 5.83. The molecule has 0 aromatic carbocycles. The molecule has 3 aliphatic rings. The van der Waals surface area contributed by atoms with E-state index in [1.807, 2.05) is 10.7 Å². The van der Waals surface area contributed by atoms with Crippen molar-refractivity contribution in [2.75, 3.05) is 18.0 Å². The van der Waals surface area contributed by atoms with Crippen LogP contribution in [0.2, 0.25) is 0 Å². The summed E-state index contributed by atoms with van der Waals surface area (Å²) in [5.74, 6) is 1.60. The van der Waals surface area contributed by atoms with Crippen molar-refractivity contribution in [3.05, 3.63) is 24.8 Å². The highest BCUT2D eigenvalue weighted by Crippen LogP contribution is 2.39. The third kappa shape index (κ3) is 2.34. The summed E-state index contributed by atoms with van der Waals surface area (Å²) in [7, 11) is 0. The Morgan fingerprint density at radius 1 is 1.15 bits per heavy atom. The normalized spacial score (nSPS) is 24.7. The van der Waals surface area contributed by atoms with E-state index in [9.17, 15) is 4.79 Å². The smallest absolute Gasteiger partial charge is 0.226 e. The molecular formula is C18H20N8O. The number of aromatic amines is 1. The molecule has 2 atom stereocenters. The highest BCUT2D eigenvalue weighted by Gasteiger charge is 2.46. The second-order valence-corrected chi connectivity index (χ2v) is 7.81. The third-order valence-corrected chi connectivity index (χ3v) is 6.06. The molecule has 2 bridgehead atoms. The van der Waals surface area contributed by atoms with Crippen LogP contribution in [0.25, 0.3) is 16.8 Å². The number of aromatic nitrogens is 6. The summed E-state index contributed by atoms with van der Waals surface area (Å²) in [6.45, 7) is 1.68. The van der Waals surface area contributed by atoms with E-state index in [0.717, 1.165) is 61.4 Å². The molecule has 5 heterocycles. The molecule has 1 aliphatic carbocycles. The Kier molecular flexibility index (Phi) is 3.09. The summed E-state index contributed by atoms with van der Waals surface area (Å²) in [6.07, 6.45) is 9.56. The topological polar surface area (TPSA) is 95.3 Å². The minimum atomic E-state index is 0.293. The number of H-pyrrole nitrogens is 1. The molecule has 2 unspecified atom stereocenters. The average Bonchev–Trinajstić information content (AvgIpc) is 3.10. The van der Waals surface area contributed by atoms with Gasteiger partial charge < -0.3 is 9.80 Å². The van der Waals surface area contributed by atoms with Crippen molar-refractivity contribution in [3.63, 3.8) is 0 Å². The molecule has 9 nitrogen and oxygen atoms in total. The molecule has 0 radical (unpaired) electrons. The molecule has 2 aliphatic heterocycles. The van der Waals surface area contributed by atoms with E-state index in [1.165, 1.54) is 0 Å². The Morgan fingerprint density at radius 2 is 1.96 bits per heavy atom. The minimum absolute atomic E-state index is 0.293. The van der Waals surface area contributed by atoms with Crippen molar-refractivity contribution in [1.29, 1.82) is 0 Å². The first-order valence-corrected chi connectivity index (χ1v) is 9.54. The summed E-state index contributed by atoms with van der Waals surface area (Å²) in [5.41, 5.74) is 2.69. The van der Waals surface area contributed by atoms with E-state index in [-0.39, 0.29) is 0 Å². The molecule has 9 heteroatoms. The lowest BCUT2D eigenvalue weighted by Gasteiger charge is -2.41. The van der Waals surface area contributed by atoms with E-state index in [4.69, 9.17) is 0 Å². The van der Waals surface area contributed by atoms with Crippen LogP contribution in [-0.4, -0.2) is 66.0 Å². The van der Waals surface area contributed by atoms with Crippen LogP contribution < -0.4 is 4.90 Å². The van der Waals surface area contributed by atoms with Crippen molar-refractivity contribution < 1.29 is 4.79 Å². The van der Waals surface area contributed by atoms with Crippen molar-refractivity contribution in [2.45, 2.75) is 37.8 Å². The molecule has 27 heavy (non-hydrogen) atoms. The van der Waals surface area contributed by atoms with Crippen molar-refractivity contribution in [2.24, 2.45) is 5.92 Å². The van der Waals surface area contributed by atoms with Gasteiger partial charge in [-0.3, -0.25) is 4.79 Å². The van der Waals surface area contributed by atoms with Crippen LogP contribution in [-0.2, 0) is 4.79 Å². The quantitative estimate of drug-likeness (QED) is 0.748. The fraction of sp³-hybridized carbons (Fsp3) is 0.500. The zero-order valence-corrected chi connectivity index (χ0v) is 14.8. The Bertz CT molecular complexity index is 994. The SMILES string of the molecule is O=C(C1CC1)N1C2CCC1CN(c1ncnn3cc(-c4cn[nH]n4)cc13)C2. The Labute approximate surface area is 155 Å². The molecule has 1 amide bonds. The van der Waals surface area contributed by atoms with Gasteiger partial charge in [-0.15, -0.1) is 0 Å². The van der Waals surface area contributed by atoms with E-state index in [2.05, 4.69) is 41.4 Å². The Morgan fingerprint density at radius 3 is 2.67 bits per heavy atom. The largest absolute Gasteiger partial charge is 0.351 e. The molecule has 3 aromatic rings. The number of carbonyl (C=O) groups excluding carboxylic acids is 1. The van der Waals surface area contributed by atoms with Gasteiger partial charge in [0.1, 0.15) is 17.5 Å². The summed E-state index contributed by atoms with van der Waals surface area (Å²) >= 11 is 0. The number of nitrogens with zero attached hydrogens (tertiary/aromatic N) is 7. The minimum Gasteiger partial charge on any atom is -0.351 e. The van der Waals surface area contributed by atoms with Crippen LogP contribution in [0.15, 0.2) is 24.8 Å². The van der Waals surface area contributed by atoms with Gasteiger partial charge in [0.05, 0.1) is 6.20 Å². The van der Waals surface area contributed by atoms with Gasteiger partial charge in [0.2, 0.25) is 5.91 Å². The number of nitrogens with one attached hydrogen (secondary N) is 1. The average molecular weight is 364 g/mol. The van der Waals surface area contributed by atoms with Crippen LogP contribution in [0.3, 0.4) is 0 Å². The maximum atomic E-state index is 12.7. The summed E-state index contributed by atoms with van der Waals surface area (Å²) in [4.78, 5) is 21.8. The second-order valence-electron chi connectivity index (χ2n) is 7.81. The maximum Gasteiger partial charge on any atom is 0.226 e. The van der Waals surface area contributed by atoms with Crippen LogP contribution >= 0.6 is 0 Å². The number of fused-ring (bicyclic) bond motifs is 3. The standard InChI is InChI=1S/C18H20N8O/c27-18(11-1-2-11)26-13-3-4-14(26)9-24(8-13)17-16-5-12(15-6-20-23-22-15)7-25(16)21-10-19-17/h5-7,10-11,13-14H,1-4,8-9H2,(H,20,22,23). The molecule has 3 aromatic heterocycles. The van der Waals surface area contributed by atoms with Crippen LogP contribution in [0, 0.1) is 5.92 Å². The lowest BCUT2D eigenvalue weighted by molar-refractivity contribution is -0.135. The number of piperazine rings is 1. The predicted octanol–water partition coefficient (Wildman–Crippen LogP) is 1.10. The third-order valence-electron chi connectivity index (χ3n) is 6.06. The van der Waals surface area contributed by atoms with Gasteiger partial charge in [0.25, 0.3) is 0 Å². The zero-order valence-electron chi connectivity index (χ0n) is 14.8.